The van der Waals surface area contributed by atoms with E-state index < -0.39 is 5.82 Å². The van der Waals surface area contributed by atoms with Gasteiger partial charge < -0.3 is 5.43 Å². The van der Waals surface area contributed by atoms with Crippen molar-refractivity contribution in [2.75, 3.05) is 5.43 Å². The summed E-state index contributed by atoms with van der Waals surface area (Å²) >= 11 is 5.75. The minimum atomic E-state index is -0.501. The molecule has 0 aliphatic rings. The molecule has 0 atom stereocenters. The van der Waals surface area contributed by atoms with Gasteiger partial charge in [-0.25, -0.2) is 9.37 Å². The van der Waals surface area contributed by atoms with Crippen molar-refractivity contribution in [2.24, 2.45) is 5.84 Å². The van der Waals surface area contributed by atoms with Gasteiger partial charge in [0.25, 0.3) is 0 Å². The monoisotopic (exact) mass is 253 g/mol. The molecule has 0 saturated heterocycles. The van der Waals surface area contributed by atoms with Gasteiger partial charge in [0, 0.05) is 11.1 Å². The maximum Gasteiger partial charge on any atom is 0.168 e. The molecule has 1 aromatic heterocycles. The quantitative estimate of drug-likeness (QED) is 0.652. The maximum atomic E-state index is 13.9. The lowest BCUT2D eigenvalue weighted by atomic mass is 10.1. The SMILES string of the molecule is CCCc1cc(NN)c2ccc(Cl)c(F)c2n1. The summed E-state index contributed by atoms with van der Waals surface area (Å²) in [4.78, 5) is 4.28. The highest BCUT2D eigenvalue weighted by molar-refractivity contribution is 6.31. The first-order valence-electron chi connectivity index (χ1n) is 5.41. The molecule has 0 spiro atoms. The third kappa shape index (κ3) is 2.18. The van der Waals surface area contributed by atoms with Gasteiger partial charge in [0.2, 0.25) is 0 Å². The summed E-state index contributed by atoms with van der Waals surface area (Å²) in [6.07, 6.45) is 1.71. The fourth-order valence-corrected chi connectivity index (χ4v) is 1.94. The second-order valence-electron chi connectivity index (χ2n) is 3.81. The van der Waals surface area contributed by atoms with Crippen LogP contribution < -0.4 is 11.3 Å². The number of rotatable bonds is 3. The first-order chi connectivity index (χ1) is 8.17. The minimum absolute atomic E-state index is 0.0709. The smallest absolute Gasteiger partial charge is 0.168 e. The Labute approximate surface area is 104 Å². The van der Waals surface area contributed by atoms with Crippen molar-refractivity contribution < 1.29 is 4.39 Å². The molecule has 0 aliphatic carbocycles. The van der Waals surface area contributed by atoms with Gasteiger partial charge >= 0.3 is 0 Å². The second kappa shape index (κ2) is 4.85. The van der Waals surface area contributed by atoms with Gasteiger partial charge in [-0.1, -0.05) is 24.9 Å². The number of nitrogens with two attached hydrogens (primary N) is 1. The zero-order valence-electron chi connectivity index (χ0n) is 9.43. The third-order valence-corrected chi connectivity index (χ3v) is 2.88. The number of halogens is 2. The molecule has 1 aromatic carbocycles. The molecule has 0 amide bonds. The van der Waals surface area contributed by atoms with Crippen LogP contribution in [0.2, 0.25) is 5.02 Å². The van der Waals surface area contributed by atoms with Crippen LogP contribution in [0.5, 0.6) is 0 Å². The Balaban J connectivity index is 2.73. The Morgan fingerprint density at radius 3 is 2.88 bits per heavy atom. The number of aromatic nitrogens is 1. The van der Waals surface area contributed by atoms with Crippen molar-refractivity contribution in [3.05, 3.63) is 34.7 Å². The molecular formula is C12H13ClFN3. The zero-order chi connectivity index (χ0) is 12.4. The molecule has 90 valence electrons. The standard InChI is InChI=1S/C12H13ClFN3/c1-2-3-7-6-10(17-15)8-4-5-9(13)11(14)12(8)16-7/h4-6H,2-3,15H2,1H3,(H,16,17). The average Bonchev–Trinajstić information content (AvgIpc) is 2.34. The third-order valence-electron chi connectivity index (χ3n) is 2.59. The van der Waals surface area contributed by atoms with E-state index in [0.29, 0.717) is 11.1 Å². The highest BCUT2D eigenvalue weighted by Gasteiger charge is 2.11. The van der Waals surface area contributed by atoms with Crippen molar-refractivity contribution in [3.8, 4) is 0 Å². The number of aryl methyl sites for hydroxylation is 1. The summed E-state index contributed by atoms with van der Waals surface area (Å²) in [6, 6.07) is 5.04. The van der Waals surface area contributed by atoms with Crippen LogP contribution in [0.15, 0.2) is 18.2 Å². The molecule has 2 aromatic rings. The highest BCUT2D eigenvalue weighted by Crippen LogP contribution is 2.28. The number of anilines is 1. The summed E-state index contributed by atoms with van der Waals surface area (Å²) < 4.78 is 13.9. The zero-order valence-corrected chi connectivity index (χ0v) is 10.2. The minimum Gasteiger partial charge on any atom is -0.323 e. The van der Waals surface area contributed by atoms with E-state index in [-0.39, 0.29) is 10.5 Å². The van der Waals surface area contributed by atoms with Crippen LogP contribution >= 0.6 is 11.6 Å². The summed E-state index contributed by atoms with van der Waals surface area (Å²) in [6.45, 7) is 2.04. The summed E-state index contributed by atoms with van der Waals surface area (Å²) in [5, 5.41) is 0.705. The number of hydrazine groups is 1. The molecule has 0 radical (unpaired) electrons. The van der Waals surface area contributed by atoms with Crippen molar-refractivity contribution >= 4 is 28.2 Å². The molecule has 3 nitrogen and oxygen atoms in total. The van der Waals surface area contributed by atoms with Gasteiger partial charge in [-0.2, -0.15) is 0 Å². The van der Waals surface area contributed by atoms with Crippen molar-refractivity contribution in [3.63, 3.8) is 0 Å². The Kier molecular flexibility index (Phi) is 3.45. The van der Waals surface area contributed by atoms with Gasteiger partial charge in [0.15, 0.2) is 5.82 Å². The Morgan fingerprint density at radius 1 is 1.47 bits per heavy atom. The number of nitrogen functional groups attached to an aromatic ring is 1. The molecule has 3 N–H and O–H groups in total. The lowest BCUT2D eigenvalue weighted by Gasteiger charge is -2.09. The van der Waals surface area contributed by atoms with E-state index >= 15 is 0 Å². The molecule has 0 bridgehead atoms. The number of nitrogens with zero attached hydrogens (tertiary/aromatic N) is 1. The number of hydrogen-bond acceptors (Lipinski definition) is 3. The van der Waals surface area contributed by atoms with E-state index in [1.807, 2.05) is 13.0 Å². The summed E-state index contributed by atoms with van der Waals surface area (Å²) in [5.41, 5.74) is 4.29. The number of fused-ring (bicyclic) bond motifs is 1. The summed E-state index contributed by atoms with van der Waals surface area (Å²) in [7, 11) is 0. The molecule has 2 rings (SSSR count). The van der Waals surface area contributed by atoms with Gasteiger partial charge in [-0.05, 0) is 24.6 Å². The molecule has 0 unspecified atom stereocenters. The second-order valence-corrected chi connectivity index (χ2v) is 4.22. The highest BCUT2D eigenvalue weighted by atomic mass is 35.5. The van der Waals surface area contributed by atoms with Crippen molar-refractivity contribution in [1.29, 1.82) is 0 Å². The average molecular weight is 254 g/mol. The van der Waals surface area contributed by atoms with Crippen LogP contribution in [0, 0.1) is 5.82 Å². The van der Waals surface area contributed by atoms with Crippen LogP contribution in [0.3, 0.4) is 0 Å². The summed E-state index contributed by atoms with van der Waals surface area (Å²) in [5.74, 6) is 4.93. The molecule has 1 heterocycles. The Bertz CT molecular complexity index is 557. The fraction of sp³-hybridized carbons (Fsp3) is 0.250. The molecular weight excluding hydrogens is 241 g/mol. The number of pyridine rings is 1. The van der Waals surface area contributed by atoms with Gasteiger partial charge in [0.05, 0.1) is 10.7 Å². The molecule has 0 saturated carbocycles. The predicted octanol–water partition coefficient (Wildman–Crippen LogP) is 3.27. The van der Waals surface area contributed by atoms with E-state index in [2.05, 4.69) is 10.4 Å². The van der Waals surface area contributed by atoms with E-state index in [0.717, 1.165) is 18.5 Å². The molecule has 17 heavy (non-hydrogen) atoms. The van der Waals surface area contributed by atoms with E-state index in [1.54, 1.807) is 6.07 Å². The van der Waals surface area contributed by atoms with Crippen LogP contribution in [0.25, 0.3) is 10.9 Å². The topological polar surface area (TPSA) is 50.9 Å². The van der Waals surface area contributed by atoms with E-state index in [9.17, 15) is 4.39 Å². The van der Waals surface area contributed by atoms with Gasteiger partial charge in [-0.3, -0.25) is 5.84 Å². The normalized spacial score (nSPS) is 10.8. The van der Waals surface area contributed by atoms with E-state index in [4.69, 9.17) is 17.4 Å². The largest absolute Gasteiger partial charge is 0.323 e. The van der Waals surface area contributed by atoms with Crippen LogP contribution in [-0.4, -0.2) is 4.98 Å². The lowest BCUT2D eigenvalue weighted by molar-refractivity contribution is 0.636. The first kappa shape index (κ1) is 12.1. The maximum absolute atomic E-state index is 13.9. The number of nitrogens with one attached hydrogen (secondary N) is 1. The lowest BCUT2D eigenvalue weighted by Crippen LogP contribution is -2.09. The van der Waals surface area contributed by atoms with Crippen molar-refractivity contribution in [2.45, 2.75) is 19.8 Å². The van der Waals surface area contributed by atoms with Crippen molar-refractivity contribution in [1.82, 2.24) is 4.98 Å². The number of benzene rings is 1. The predicted molar refractivity (Wildman–Crippen MR) is 68.5 cm³/mol. The van der Waals surface area contributed by atoms with Crippen LogP contribution in [-0.2, 0) is 6.42 Å². The van der Waals surface area contributed by atoms with Gasteiger partial charge in [0.1, 0.15) is 5.52 Å². The molecule has 5 heteroatoms. The Hall–Kier alpha value is -1.39. The molecule has 0 fully saturated rings. The van der Waals surface area contributed by atoms with Gasteiger partial charge in [-0.15, -0.1) is 0 Å². The van der Waals surface area contributed by atoms with Crippen LogP contribution in [0.1, 0.15) is 19.0 Å². The van der Waals surface area contributed by atoms with Crippen LogP contribution in [0.4, 0.5) is 10.1 Å². The number of hydrogen-bond donors (Lipinski definition) is 2. The van der Waals surface area contributed by atoms with E-state index in [1.165, 1.54) is 6.07 Å². The first-order valence-corrected chi connectivity index (χ1v) is 5.79. The fourth-order valence-electron chi connectivity index (χ4n) is 1.79. The Morgan fingerprint density at radius 2 is 2.24 bits per heavy atom. The molecule has 0 aliphatic heterocycles.